The summed E-state index contributed by atoms with van der Waals surface area (Å²) in [4.78, 5) is 6.25. The summed E-state index contributed by atoms with van der Waals surface area (Å²) in [6.45, 7) is 6.71. The van der Waals surface area contributed by atoms with Gasteiger partial charge in [-0.15, -0.1) is 0 Å². The molecule has 0 fully saturated rings. The molecule has 2 aliphatic rings. The smallest absolute Gasteiger partial charge is 0.262 e. The number of ether oxygens (including phenoxy) is 1. The van der Waals surface area contributed by atoms with Gasteiger partial charge >= 0.3 is 0 Å². The van der Waals surface area contributed by atoms with Crippen LogP contribution < -0.4 is 9.46 Å². The number of allylic oxidation sites excluding steroid dienone is 5. The average molecular weight is 484 g/mol. The predicted octanol–water partition coefficient (Wildman–Crippen LogP) is 4.93. The van der Waals surface area contributed by atoms with Crippen LogP contribution in [0.5, 0.6) is 5.75 Å². The van der Waals surface area contributed by atoms with Crippen LogP contribution in [0.3, 0.4) is 0 Å². The number of halogens is 1. The number of methoxy groups -OCH3 is 1. The molecule has 6 nitrogen and oxygen atoms in total. The highest BCUT2D eigenvalue weighted by Gasteiger charge is 2.27. The molecule has 172 valence electrons. The van der Waals surface area contributed by atoms with Gasteiger partial charge in [-0.05, 0) is 53.0 Å². The molecule has 0 saturated heterocycles. The zero-order valence-electron chi connectivity index (χ0n) is 19.0. The number of nitrogens with zero attached hydrogens (tertiary/aromatic N) is 2. The van der Waals surface area contributed by atoms with Gasteiger partial charge < -0.3 is 9.64 Å². The number of sulfonamides is 1. The third kappa shape index (κ3) is 4.84. The van der Waals surface area contributed by atoms with Gasteiger partial charge in [-0.1, -0.05) is 50.6 Å². The van der Waals surface area contributed by atoms with Crippen molar-refractivity contribution in [2.45, 2.75) is 31.1 Å². The molecule has 1 aromatic carbocycles. The summed E-state index contributed by atoms with van der Waals surface area (Å²) >= 11 is 6.48. The van der Waals surface area contributed by atoms with Crippen molar-refractivity contribution in [3.05, 3.63) is 94.7 Å². The lowest BCUT2D eigenvalue weighted by Gasteiger charge is -2.34. The first-order chi connectivity index (χ1) is 15.6. The Kier molecular flexibility index (Phi) is 6.12. The number of aromatic nitrogens is 1. The van der Waals surface area contributed by atoms with E-state index in [1.807, 2.05) is 35.3 Å². The minimum Gasteiger partial charge on any atom is -0.495 e. The number of benzene rings is 1. The maximum absolute atomic E-state index is 13.1. The highest BCUT2D eigenvalue weighted by Crippen LogP contribution is 2.34. The Labute approximate surface area is 200 Å². The number of nitrogens with one attached hydrogen (secondary N) is 1. The molecular formula is C25H26ClN3O3S. The minimum absolute atomic E-state index is 0.0566. The molecular weight excluding hydrogens is 458 g/mol. The molecule has 33 heavy (non-hydrogen) atoms. The summed E-state index contributed by atoms with van der Waals surface area (Å²) in [7, 11) is -2.18. The maximum Gasteiger partial charge on any atom is 0.262 e. The van der Waals surface area contributed by atoms with Crippen LogP contribution in [-0.4, -0.2) is 32.0 Å². The molecule has 0 bridgehead atoms. The van der Waals surface area contributed by atoms with Gasteiger partial charge in [-0.25, -0.2) is 8.42 Å². The molecule has 0 saturated carbocycles. The van der Waals surface area contributed by atoms with Crippen LogP contribution in [0.2, 0.25) is 0 Å². The van der Waals surface area contributed by atoms with E-state index in [2.05, 4.69) is 30.5 Å². The van der Waals surface area contributed by atoms with E-state index >= 15 is 0 Å². The van der Waals surface area contributed by atoms with E-state index in [-0.39, 0.29) is 10.3 Å². The molecule has 0 spiro atoms. The Morgan fingerprint density at radius 3 is 2.52 bits per heavy atom. The standard InChI is InChI=1S/C25H26ClN3O3S/c1-25(2,3)19-5-7-21(8-6-19)33(30,31)28-24-10-9-22(26)23-14-17(11-12-29(23)24)18-13-20(32-4)16-27-15-18/h5-11,13-16,28H,12H2,1-4H3. The molecule has 0 unspecified atom stereocenters. The molecule has 0 amide bonds. The first-order valence-corrected chi connectivity index (χ1v) is 12.3. The molecule has 1 aromatic heterocycles. The van der Waals surface area contributed by atoms with E-state index in [1.54, 1.807) is 43.8 Å². The average Bonchev–Trinajstić information content (AvgIpc) is 2.80. The molecule has 1 N–H and O–H groups in total. The quantitative estimate of drug-likeness (QED) is 0.653. The van der Waals surface area contributed by atoms with Crippen molar-refractivity contribution in [2.24, 2.45) is 0 Å². The van der Waals surface area contributed by atoms with Gasteiger partial charge in [0.05, 0.1) is 28.9 Å². The Morgan fingerprint density at radius 2 is 1.85 bits per heavy atom. The van der Waals surface area contributed by atoms with E-state index in [0.717, 1.165) is 16.7 Å². The highest BCUT2D eigenvalue weighted by molar-refractivity contribution is 7.89. The summed E-state index contributed by atoms with van der Waals surface area (Å²) in [5.41, 5.74) is 3.54. The Balaban J connectivity index is 1.59. The number of rotatable bonds is 5. The lowest BCUT2D eigenvalue weighted by atomic mass is 9.87. The van der Waals surface area contributed by atoms with Crippen LogP contribution in [-0.2, 0) is 15.4 Å². The lowest BCUT2D eigenvalue weighted by molar-refractivity contribution is 0.412. The summed E-state index contributed by atoms with van der Waals surface area (Å²) in [5.74, 6) is 1.09. The number of pyridine rings is 1. The van der Waals surface area contributed by atoms with E-state index in [4.69, 9.17) is 16.3 Å². The van der Waals surface area contributed by atoms with Gasteiger partial charge in [-0.3, -0.25) is 9.71 Å². The van der Waals surface area contributed by atoms with Gasteiger partial charge in [0, 0.05) is 18.3 Å². The van der Waals surface area contributed by atoms with E-state index in [1.165, 1.54) is 0 Å². The maximum atomic E-state index is 13.1. The fourth-order valence-corrected chi connectivity index (χ4v) is 4.92. The predicted molar refractivity (Wildman–Crippen MR) is 131 cm³/mol. The summed E-state index contributed by atoms with van der Waals surface area (Å²) < 4.78 is 34.2. The Bertz CT molecular complexity index is 1300. The van der Waals surface area contributed by atoms with Gasteiger partial charge in [0.1, 0.15) is 11.6 Å². The first kappa shape index (κ1) is 23.1. The summed E-state index contributed by atoms with van der Waals surface area (Å²) in [6.07, 6.45) is 10.7. The second-order valence-electron chi connectivity index (χ2n) is 8.86. The van der Waals surface area contributed by atoms with Crippen molar-refractivity contribution in [2.75, 3.05) is 13.7 Å². The molecule has 4 rings (SSSR count). The van der Waals surface area contributed by atoms with Crippen molar-refractivity contribution >= 4 is 27.2 Å². The fraction of sp³-hybridized carbons (Fsp3) is 0.240. The summed E-state index contributed by atoms with van der Waals surface area (Å²) in [5, 5.41) is 0.522. The van der Waals surface area contributed by atoms with Gasteiger partial charge in [0.15, 0.2) is 0 Å². The minimum atomic E-state index is -3.77. The van der Waals surface area contributed by atoms with Crippen LogP contribution in [0.1, 0.15) is 31.9 Å². The SMILES string of the molecule is COc1cncc(C2=CCN3C(NS(=O)(=O)c4ccc(C(C)(C)C)cc4)=CC=C(Cl)C3=C2)c1. The van der Waals surface area contributed by atoms with E-state index in [0.29, 0.717) is 28.8 Å². The van der Waals surface area contributed by atoms with E-state index < -0.39 is 10.0 Å². The molecule has 0 aliphatic carbocycles. The van der Waals surface area contributed by atoms with Gasteiger partial charge in [-0.2, -0.15) is 0 Å². The van der Waals surface area contributed by atoms with Crippen molar-refractivity contribution in [3.8, 4) is 5.75 Å². The second kappa shape index (κ2) is 8.72. The first-order valence-electron chi connectivity index (χ1n) is 10.5. The molecule has 3 heterocycles. The molecule has 2 aromatic rings. The topological polar surface area (TPSA) is 71.5 Å². The molecule has 8 heteroatoms. The van der Waals surface area contributed by atoms with Crippen LogP contribution in [0, 0.1) is 0 Å². The largest absolute Gasteiger partial charge is 0.495 e. The lowest BCUT2D eigenvalue weighted by Crippen LogP contribution is -2.37. The van der Waals surface area contributed by atoms with Crippen LogP contribution in [0.4, 0.5) is 0 Å². The van der Waals surface area contributed by atoms with Gasteiger partial charge in [0.2, 0.25) is 0 Å². The molecule has 0 atom stereocenters. The van der Waals surface area contributed by atoms with Crippen LogP contribution in [0.25, 0.3) is 5.57 Å². The second-order valence-corrected chi connectivity index (χ2v) is 10.9. The van der Waals surface area contributed by atoms with Crippen molar-refractivity contribution in [3.63, 3.8) is 0 Å². The zero-order chi connectivity index (χ0) is 23.8. The highest BCUT2D eigenvalue weighted by atomic mass is 35.5. The van der Waals surface area contributed by atoms with Crippen LogP contribution in [0.15, 0.2) is 88.5 Å². The van der Waals surface area contributed by atoms with Gasteiger partial charge in [0.25, 0.3) is 10.0 Å². The molecule has 2 aliphatic heterocycles. The van der Waals surface area contributed by atoms with Crippen LogP contribution >= 0.6 is 11.6 Å². The zero-order valence-corrected chi connectivity index (χ0v) is 20.5. The third-order valence-corrected chi connectivity index (χ3v) is 7.24. The van der Waals surface area contributed by atoms with Crippen molar-refractivity contribution in [1.29, 1.82) is 0 Å². The van der Waals surface area contributed by atoms with Crippen molar-refractivity contribution in [1.82, 2.24) is 14.6 Å². The summed E-state index contributed by atoms with van der Waals surface area (Å²) in [6, 6.07) is 8.87. The third-order valence-electron chi connectivity index (χ3n) is 5.55. The normalized spacial score (nSPS) is 16.2. The molecule has 0 radical (unpaired) electrons. The number of hydrogen-bond donors (Lipinski definition) is 1. The fourth-order valence-electron chi connectivity index (χ4n) is 3.63. The monoisotopic (exact) mass is 483 g/mol. The Hall–Kier alpha value is -3.03. The Morgan fingerprint density at radius 1 is 1.12 bits per heavy atom. The van der Waals surface area contributed by atoms with E-state index in [9.17, 15) is 8.42 Å². The van der Waals surface area contributed by atoms with Crippen molar-refractivity contribution < 1.29 is 13.2 Å². The number of fused-ring (bicyclic) bond motifs is 1. The number of hydrogen-bond acceptors (Lipinski definition) is 5.